The van der Waals surface area contributed by atoms with Gasteiger partial charge in [-0.1, -0.05) is 73.5 Å². The third-order valence-electron chi connectivity index (χ3n) is 10.1. The SMILES string of the molecule is C/C1=C/CCC(/C(C)=C/c2csc(C)n2)OC(=O)CC(O[Si](C)(C)C(C)(C)C)C(C)(C)C(=O)C(C)C(C)C(C)CCC1. The predicted octanol–water partition coefficient (Wildman–Crippen LogP) is 9.96. The monoisotopic (exact) mass is 617 g/mol. The first kappa shape index (κ1) is 36.6. The van der Waals surface area contributed by atoms with E-state index >= 15 is 0 Å². The van der Waals surface area contributed by atoms with Crippen LogP contribution < -0.4 is 0 Å². The number of ether oxygens (including phenoxy) is 1. The maximum Gasteiger partial charge on any atom is 0.309 e. The normalized spacial score (nSPS) is 29.4. The molecule has 238 valence electrons. The molecule has 42 heavy (non-hydrogen) atoms. The van der Waals surface area contributed by atoms with Crippen LogP contribution in [0.15, 0.2) is 22.6 Å². The third-order valence-corrected chi connectivity index (χ3v) is 15.4. The maximum atomic E-state index is 14.2. The number of hydrogen-bond donors (Lipinski definition) is 0. The molecule has 0 saturated heterocycles. The predicted molar refractivity (Wildman–Crippen MR) is 180 cm³/mol. The Morgan fingerprint density at radius 3 is 2.36 bits per heavy atom. The Hall–Kier alpha value is -1.57. The summed E-state index contributed by atoms with van der Waals surface area (Å²) in [6, 6.07) is 0. The highest BCUT2D eigenvalue weighted by Crippen LogP contribution is 2.42. The van der Waals surface area contributed by atoms with Gasteiger partial charge in [-0.2, -0.15) is 0 Å². The van der Waals surface area contributed by atoms with Gasteiger partial charge in [0.15, 0.2) is 8.32 Å². The van der Waals surface area contributed by atoms with Gasteiger partial charge in [-0.05, 0) is 88.1 Å². The van der Waals surface area contributed by atoms with Gasteiger partial charge >= 0.3 is 5.97 Å². The van der Waals surface area contributed by atoms with Gasteiger partial charge < -0.3 is 9.16 Å². The van der Waals surface area contributed by atoms with Crippen LogP contribution in [0, 0.1) is 30.1 Å². The van der Waals surface area contributed by atoms with Crippen molar-refractivity contribution in [1.29, 1.82) is 0 Å². The highest BCUT2D eigenvalue weighted by Gasteiger charge is 2.48. The van der Waals surface area contributed by atoms with E-state index in [1.807, 2.05) is 39.2 Å². The Morgan fingerprint density at radius 2 is 1.79 bits per heavy atom. The van der Waals surface area contributed by atoms with E-state index in [9.17, 15) is 9.59 Å². The second kappa shape index (κ2) is 14.9. The quantitative estimate of drug-likeness (QED) is 0.191. The summed E-state index contributed by atoms with van der Waals surface area (Å²) >= 11 is 1.61. The molecule has 0 bridgehead atoms. The van der Waals surface area contributed by atoms with Gasteiger partial charge in [-0.25, -0.2) is 4.98 Å². The van der Waals surface area contributed by atoms with Gasteiger partial charge in [0, 0.05) is 16.7 Å². The molecule has 0 aromatic carbocycles. The van der Waals surface area contributed by atoms with Crippen LogP contribution in [-0.2, 0) is 18.8 Å². The van der Waals surface area contributed by atoms with E-state index in [0.717, 1.165) is 42.0 Å². The Balaban J connectivity index is 2.52. The van der Waals surface area contributed by atoms with E-state index in [0.29, 0.717) is 12.3 Å². The Labute approximate surface area is 262 Å². The summed E-state index contributed by atoms with van der Waals surface area (Å²) in [5, 5.41) is 2.98. The molecule has 0 saturated carbocycles. The van der Waals surface area contributed by atoms with Gasteiger partial charge in [0.2, 0.25) is 0 Å². The van der Waals surface area contributed by atoms with Gasteiger partial charge in [-0.15, -0.1) is 11.3 Å². The zero-order chi connectivity index (χ0) is 32.0. The van der Waals surface area contributed by atoms with E-state index < -0.39 is 19.8 Å². The van der Waals surface area contributed by atoms with Crippen LogP contribution >= 0.6 is 11.3 Å². The van der Waals surface area contributed by atoms with E-state index in [1.165, 1.54) is 5.57 Å². The molecule has 5 nitrogen and oxygen atoms in total. The van der Waals surface area contributed by atoms with Gasteiger partial charge in [0.25, 0.3) is 0 Å². The summed E-state index contributed by atoms with van der Waals surface area (Å²) < 4.78 is 13.2. The number of esters is 1. The highest BCUT2D eigenvalue weighted by atomic mass is 32.1. The molecule has 1 aliphatic rings. The molecule has 0 aliphatic carbocycles. The number of nitrogens with zero attached hydrogens (tertiary/aromatic N) is 1. The number of thiazole rings is 1. The van der Waals surface area contributed by atoms with Crippen LogP contribution in [-0.4, -0.2) is 37.3 Å². The number of carbonyl (C=O) groups is 2. The molecule has 0 amide bonds. The minimum absolute atomic E-state index is 0.0519. The molecule has 1 aromatic heterocycles. The molecule has 1 aromatic rings. The van der Waals surface area contributed by atoms with Crippen molar-refractivity contribution in [2.75, 3.05) is 0 Å². The standard InChI is InChI=1S/C35H59NO4SSi/c1-23-16-14-18-24(2)26(4)27(5)33(38)35(10,11)31(40-42(12,13)34(7,8)9)21-32(37)39-30(19-15-17-23)25(3)20-29-22-41-28(6)36-29/h17,20,22,24,26-27,30-31H,14-16,18-19,21H2,1-13H3/b23-17-,25-20+. The number of Topliss-reactive ketones (excluding diaryl/α,β-unsaturated/α-hetero) is 1. The van der Waals surface area contributed by atoms with Crippen molar-refractivity contribution in [3.05, 3.63) is 33.3 Å². The van der Waals surface area contributed by atoms with Crippen molar-refractivity contribution < 1.29 is 18.8 Å². The molecular formula is C35H59NO4SSi. The van der Waals surface area contributed by atoms with Crippen molar-refractivity contribution in [3.8, 4) is 0 Å². The molecule has 0 radical (unpaired) electrons. The second-order valence-electron chi connectivity index (χ2n) is 15.0. The number of carbonyl (C=O) groups excluding carboxylic acids is 2. The van der Waals surface area contributed by atoms with Crippen LogP contribution in [0.4, 0.5) is 0 Å². The van der Waals surface area contributed by atoms with Crippen molar-refractivity contribution in [1.82, 2.24) is 4.98 Å². The molecule has 2 heterocycles. The average Bonchev–Trinajstić information content (AvgIpc) is 3.28. The molecule has 1 aliphatic heterocycles. The van der Waals surface area contributed by atoms with Crippen LogP contribution in [0.5, 0.6) is 0 Å². The summed E-state index contributed by atoms with van der Waals surface area (Å²) in [6.07, 6.45) is 8.23. The van der Waals surface area contributed by atoms with Crippen molar-refractivity contribution in [2.24, 2.45) is 23.2 Å². The molecule has 5 unspecified atom stereocenters. The van der Waals surface area contributed by atoms with E-state index in [-0.39, 0.29) is 41.2 Å². The third kappa shape index (κ3) is 9.98. The first-order valence-electron chi connectivity index (χ1n) is 15.9. The van der Waals surface area contributed by atoms with E-state index in [4.69, 9.17) is 9.16 Å². The van der Waals surface area contributed by atoms with Crippen LogP contribution in [0.3, 0.4) is 0 Å². The molecule has 2 rings (SSSR count). The smallest absolute Gasteiger partial charge is 0.309 e. The first-order chi connectivity index (χ1) is 19.3. The average molecular weight is 618 g/mol. The minimum atomic E-state index is -2.30. The van der Waals surface area contributed by atoms with Gasteiger partial charge in [-0.3, -0.25) is 9.59 Å². The van der Waals surface area contributed by atoms with Crippen molar-refractivity contribution in [3.63, 3.8) is 0 Å². The minimum Gasteiger partial charge on any atom is -0.458 e. The number of allylic oxidation sites excluding steroid dienone is 2. The summed E-state index contributed by atoms with van der Waals surface area (Å²) in [6.45, 7) is 27.7. The summed E-state index contributed by atoms with van der Waals surface area (Å²) in [5.41, 5.74) is 2.40. The van der Waals surface area contributed by atoms with Crippen LogP contribution in [0.25, 0.3) is 6.08 Å². The fraction of sp³-hybridized carbons (Fsp3) is 0.743. The van der Waals surface area contributed by atoms with E-state index in [1.54, 1.807) is 11.3 Å². The van der Waals surface area contributed by atoms with Crippen molar-refractivity contribution in [2.45, 2.75) is 145 Å². The summed E-state index contributed by atoms with van der Waals surface area (Å²) in [4.78, 5) is 32.6. The number of rotatable bonds is 4. The molecule has 0 fully saturated rings. The molecule has 7 heteroatoms. The first-order valence-corrected chi connectivity index (χ1v) is 19.7. The lowest BCUT2D eigenvalue weighted by Gasteiger charge is -2.44. The lowest BCUT2D eigenvalue weighted by molar-refractivity contribution is -0.153. The number of aromatic nitrogens is 1. The summed E-state index contributed by atoms with van der Waals surface area (Å²) in [5.74, 6) is 0.391. The zero-order valence-corrected chi connectivity index (χ0v) is 30.7. The number of hydrogen-bond acceptors (Lipinski definition) is 6. The number of cyclic esters (lactones) is 1. The van der Waals surface area contributed by atoms with E-state index in [2.05, 4.69) is 72.6 Å². The van der Waals surface area contributed by atoms with Crippen molar-refractivity contribution >= 4 is 37.5 Å². The lowest BCUT2D eigenvalue weighted by Crippen LogP contribution is -2.52. The fourth-order valence-electron chi connectivity index (χ4n) is 5.51. The lowest BCUT2D eigenvalue weighted by atomic mass is 9.70. The molecule has 5 atom stereocenters. The fourth-order valence-corrected chi connectivity index (χ4v) is 7.53. The topological polar surface area (TPSA) is 65.5 Å². The van der Waals surface area contributed by atoms with Gasteiger partial charge in [0.1, 0.15) is 11.9 Å². The highest BCUT2D eigenvalue weighted by molar-refractivity contribution is 7.09. The van der Waals surface area contributed by atoms with Gasteiger partial charge in [0.05, 0.1) is 23.2 Å². The second-order valence-corrected chi connectivity index (χ2v) is 20.8. The zero-order valence-electron chi connectivity index (χ0n) is 28.8. The van der Waals surface area contributed by atoms with Crippen LogP contribution in [0.1, 0.15) is 118 Å². The number of ketones is 1. The molecule has 0 spiro atoms. The number of aryl methyl sites for hydroxylation is 1. The Kier molecular flexibility index (Phi) is 13.0. The summed E-state index contributed by atoms with van der Waals surface area (Å²) in [7, 11) is -2.30. The van der Waals surface area contributed by atoms with Crippen LogP contribution in [0.2, 0.25) is 18.1 Å². The largest absolute Gasteiger partial charge is 0.458 e. The Morgan fingerprint density at radius 1 is 1.14 bits per heavy atom. The Bertz CT molecular complexity index is 1130. The maximum absolute atomic E-state index is 14.2. The molecular weight excluding hydrogens is 559 g/mol. The molecule has 0 N–H and O–H groups in total.